The van der Waals surface area contributed by atoms with Gasteiger partial charge >= 0.3 is 18.1 Å². The zero-order valence-electron chi connectivity index (χ0n) is 19.4. The third-order valence-corrected chi connectivity index (χ3v) is 5.06. The summed E-state index contributed by atoms with van der Waals surface area (Å²) in [5.41, 5.74) is 7.64. The highest BCUT2D eigenvalue weighted by Gasteiger charge is 2.38. The van der Waals surface area contributed by atoms with Crippen LogP contribution in [0.1, 0.15) is 27.9 Å². The van der Waals surface area contributed by atoms with Crippen molar-refractivity contribution in [3.63, 3.8) is 0 Å². The molecule has 1 heterocycles. The van der Waals surface area contributed by atoms with Crippen LogP contribution < -0.4 is 15.4 Å². The summed E-state index contributed by atoms with van der Waals surface area (Å²) in [6, 6.07) is 11.9. The number of fused-ring (bicyclic) bond motifs is 1. The Hall–Kier alpha value is -4.62. The van der Waals surface area contributed by atoms with Crippen LogP contribution in [0.5, 0.6) is 5.75 Å². The Morgan fingerprint density at radius 2 is 1.70 bits per heavy atom. The molecule has 0 bridgehead atoms. The van der Waals surface area contributed by atoms with E-state index in [0.29, 0.717) is 17.0 Å². The number of benzene rings is 2. The van der Waals surface area contributed by atoms with Crippen molar-refractivity contribution < 1.29 is 47.3 Å². The second-order valence-electron chi connectivity index (χ2n) is 7.70. The fourth-order valence-corrected chi connectivity index (χ4v) is 3.07. The molecule has 0 spiro atoms. The van der Waals surface area contributed by atoms with E-state index >= 15 is 0 Å². The van der Waals surface area contributed by atoms with Gasteiger partial charge in [-0.3, -0.25) is 19.8 Å². The molecule has 2 amide bonds. The standard InChI is InChI=1S/C21H22N4O5.C2HF3O2/c1-24-17-7-6-15(30-12-13-2-4-14(5-3-13)20(22)23)10-16(17)21(29)25(11-18(24)26)9-8-19(27)28;3-2(4,5)1(6)7/h2-7,10H,8-9,11-12H2,1H3,(H3,22,23)(H,27,28);(H,6,7). The van der Waals surface area contributed by atoms with Gasteiger partial charge in [-0.2, -0.15) is 13.2 Å². The number of carboxylic acids is 2. The lowest BCUT2D eigenvalue weighted by Crippen LogP contribution is -2.38. The average Bonchev–Trinajstić information content (AvgIpc) is 2.91. The maximum absolute atomic E-state index is 12.9. The zero-order chi connectivity index (χ0) is 27.9. The van der Waals surface area contributed by atoms with Gasteiger partial charge in [0.15, 0.2) is 0 Å². The highest BCUT2D eigenvalue weighted by Crippen LogP contribution is 2.29. The first-order valence-corrected chi connectivity index (χ1v) is 10.5. The Morgan fingerprint density at radius 1 is 1.11 bits per heavy atom. The first-order valence-electron chi connectivity index (χ1n) is 10.5. The molecule has 0 atom stereocenters. The van der Waals surface area contributed by atoms with E-state index in [9.17, 15) is 27.6 Å². The van der Waals surface area contributed by atoms with E-state index in [1.165, 1.54) is 9.80 Å². The number of nitrogens with zero attached hydrogens (tertiary/aromatic N) is 2. The number of hydrogen-bond acceptors (Lipinski definition) is 6. The number of nitrogens with one attached hydrogen (secondary N) is 1. The quantitative estimate of drug-likeness (QED) is 0.315. The summed E-state index contributed by atoms with van der Waals surface area (Å²) in [6.45, 7) is -0.000585. The second-order valence-corrected chi connectivity index (χ2v) is 7.70. The Balaban J connectivity index is 0.000000604. The fraction of sp³-hybridized carbons (Fsp3) is 0.261. The molecule has 0 fully saturated rings. The maximum Gasteiger partial charge on any atom is 0.490 e. The number of carboxylic acid groups (broad SMARTS) is 2. The van der Waals surface area contributed by atoms with Gasteiger partial charge in [0, 0.05) is 19.2 Å². The van der Waals surface area contributed by atoms with E-state index in [-0.39, 0.29) is 43.4 Å². The van der Waals surface area contributed by atoms with E-state index in [4.69, 9.17) is 30.9 Å². The van der Waals surface area contributed by atoms with Gasteiger partial charge in [-0.1, -0.05) is 24.3 Å². The minimum Gasteiger partial charge on any atom is -0.489 e. The molecular formula is C23H23F3N4O7. The van der Waals surface area contributed by atoms with E-state index in [0.717, 1.165) is 5.56 Å². The molecule has 0 saturated heterocycles. The van der Waals surface area contributed by atoms with Gasteiger partial charge in [-0.05, 0) is 23.8 Å². The molecule has 1 aliphatic heterocycles. The fourth-order valence-electron chi connectivity index (χ4n) is 3.07. The highest BCUT2D eigenvalue weighted by atomic mass is 19.4. The van der Waals surface area contributed by atoms with Gasteiger partial charge in [-0.25, -0.2) is 4.79 Å². The monoisotopic (exact) mass is 524 g/mol. The summed E-state index contributed by atoms with van der Waals surface area (Å²) in [7, 11) is 1.58. The van der Waals surface area contributed by atoms with Crippen LogP contribution in [-0.4, -0.2) is 71.0 Å². The molecule has 3 rings (SSSR count). The number of amides is 2. The third-order valence-electron chi connectivity index (χ3n) is 5.06. The van der Waals surface area contributed by atoms with Crippen molar-refractivity contribution in [1.82, 2.24) is 4.90 Å². The van der Waals surface area contributed by atoms with Crippen molar-refractivity contribution in [3.8, 4) is 5.75 Å². The molecule has 0 saturated carbocycles. The molecule has 0 aliphatic carbocycles. The van der Waals surface area contributed by atoms with Gasteiger partial charge in [0.1, 0.15) is 24.7 Å². The lowest BCUT2D eigenvalue weighted by Gasteiger charge is -2.19. The topological polar surface area (TPSA) is 174 Å². The molecule has 2 aromatic carbocycles. The predicted octanol–water partition coefficient (Wildman–Crippen LogP) is 2.08. The summed E-state index contributed by atoms with van der Waals surface area (Å²) >= 11 is 0. The first kappa shape index (κ1) is 28.6. The van der Waals surface area contributed by atoms with Crippen molar-refractivity contribution in [2.45, 2.75) is 19.2 Å². The third kappa shape index (κ3) is 7.95. The number of halogens is 3. The van der Waals surface area contributed by atoms with Gasteiger partial charge < -0.3 is 30.5 Å². The summed E-state index contributed by atoms with van der Waals surface area (Å²) in [4.78, 5) is 47.7. The minimum absolute atomic E-state index is 0.0159. The summed E-state index contributed by atoms with van der Waals surface area (Å²) < 4.78 is 37.5. The lowest BCUT2D eigenvalue weighted by atomic mass is 10.1. The van der Waals surface area contributed by atoms with Crippen LogP contribution in [0, 0.1) is 5.41 Å². The van der Waals surface area contributed by atoms with E-state index < -0.39 is 24.0 Å². The predicted molar refractivity (Wildman–Crippen MR) is 123 cm³/mol. The van der Waals surface area contributed by atoms with Gasteiger partial charge in [0.25, 0.3) is 5.91 Å². The number of aliphatic carboxylic acids is 2. The normalized spacial score (nSPS) is 13.2. The minimum atomic E-state index is -5.08. The number of carbonyl (C=O) groups is 4. The number of nitrogens with two attached hydrogens (primary N) is 1. The molecule has 14 heteroatoms. The smallest absolute Gasteiger partial charge is 0.489 e. The van der Waals surface area contributed by atoms with Gasteiger partial charge in [0.05, 0.1) is 17.7 Å². The van der Waals surface area contributed by atoms with Gasteiger partial charge in [0.2, 0.25) is 5.91 Å². The van der Waals surface area contributed by atoms with Crippen LogP contribution >= 0.6 is 0 Å². The number of ether oxygens (including phenoxy) is 1. The highest BCUT2D eigenvalue weighted by molar-refractivity contribution is 6.09. The molecule has 37 heavy (non-hydrogen) atoms. The largest absolute Gasteiger partial charge is 0.490 e. The molecule has 198 valence electrons. The number of likely N-dealkylation sites (N-methyl/N-ethyl adjacent to an activating group) is 1. The molecule has 0 aromatic heterocycles. The van der Waals surface area contributed by atoms with Gasteiger partial charge in [-0.15, -0.1) is 0 Å². The number of alkyl halides is 3. The number of amidine groups is 1. The first-order chi connectivity index (χ1) is 17.2. The van der Waals surface area contributed by atoms with Crippen molar-refractivity contribution in [2.75, 3.05) is 25.0 Å². The van der Waals surface area contributed by atoms with Crippen LogP contribution in [0.15, 0.2) is 42.5 Å². The van der Waals surface area contributed by atoms with Crippen molar-refractivity contribution in [1.29, 1.82) is 5.41 Å². The zero-order valence-corrected chi connectivity index (χ0v) is 19.4. The Morgan fingerprint density at radius 3 is 2.22 bits per heavy atom. The maximum atomic E-state index is 12.9. The van der Waals surface area contributed by atoms with E-state index in [2.05, 4.69) is 0 Å². The SMILES string of the molecule is CN1C(=O)CN(CCC(=O)O)C(=O)c2cc(OCc3ccc(C(=N)N)cc3)ccc21.O=C(O)C(F)(F)F. The van der Waals surface area contributed by atoms with Crippen molar-refractivity contribution in [2.24, 2.45) is 5.73 Å². The lowest BCUT2D eigenvalue weighted by molar-refractivity contribution is -0.192. The summed E-state index contributed by atoms with van der Waals surface area (Å²) in [6.07, 6.45) is -5.33. The Kier molecular flexibility index (Phi) is 9.19. The molecule has 5 N–H and O–H groups in total. The Labute approximate surface area is 208 Å². The number of anilines is 1. The summed E-state index contributed by atoms with van der Waals surface area (Å²) in [5.74, 6) is -4.09. The van der Waals surface area contributed by atoms with Crippen LogP contribution in [0.4, 0.5) is 18.9 Å². The van der Waals surface area contributed by atoms with Crippen LogP contribution in [0.2, 0.25) is 0 Å². The van der Waals surface area contributed by atoms with Crippen molar-refractivity contribution >= 4 is 35.3 Å². The molecule has 0 radical (unpaired) electrons. The number of nitrogen functional groups attached to an aromatic ring is 1. The van der Waals surface area contributed by atoms with E-state index in [1.54, 1.807) is 49.5 Å². The second kappa shape index (κ2) is 11.9. The summed E-state index contributed by atoms with van der Waals surface area (Å²) in [5, 5.41) is 23.5. The molecular weight excluding hydrogens is 501 g/mol. The molecule has 2 aromatic rings. The molecule has 1 aliphatic rings. The average molecular weight is 524 g/mol. The van der Waals surface area contributed by atoms with Crippen LogP contribution in [0.25, 0.3) is 0 Å². The van der Waals surface area contributed by atoms with E-state index in [1.807, 2.05) is 0 Å². The number of carbonyl (C=O) groups excluding carboxylic acids is 2. The number of hydrogen-bond donors (Lipinski definition) is 4. The van der Waals surface area contributed by atoms with Crippen LogP contribution in [0.3, 0.4) is 0 Å². The Bertz CT molecular complexity index is 1200. The molecule has 11 nitrogen and oxygen atoms in total. The number of rotatable bonds is 7. The molecule has 0 unspecified atom stereocenters. The van der Waals surface area contributed by atoms with Crippen LogP contribution in [-0.2, 0) is 21.0 Å². The van der Waals surface area contributed by atoms with Crippen molar-refractivity contribution in [3.05, 3.63) is 59.2 Å².